The first kappa shape index (κ1) is 24.4. The Balaban J connectivity index is 0.00000363. The largest absolute Gasteiger partial charge is 0.508 e. The number of nitrogens with one attached hydrogen (secondary N) is 3. The van der Waals surface area contributed by atoms with E-state index in [1.54, 1.807) is 30.3 Å². The van der Waals surface area contributed by atoms with Crippen LogP contribution in [-0.4, -0.2) is 22.8 Å². The zero-order valence-electron chi connectivity index (χ0n) is 17.7. The first-order valence-corrected chi connectivity index (χ1v) is 9.74. The SMILES string of the molecule is CC(C)c1ccc(C(=O)Nc2cc(O)ccc2NC(=O)c2cccc(C(=N)N)c2)cc1.Cl. The van der Waals surface area contributed by atoms with Gasteiger partial charge in [-0.1, -0.05) is 38.1 Å². The lowest BCUT2D eigenvalue weighted by Crippen LogP contribution is -2.18. The number of phenols is 1. The zero-order chi connectivity index (χ0) is 22.5. The average Bonchev–Trinajstić information content (AvgIpc) is 2.75. The van der Waals surface area contributed by atoms with Gasteiger partial charge in [0.2, 0.25) is 0 Å². The maximum atomic E-state index is 12.7. The van der Waals surface area contributed by atoms with Crippen molar-refractivity contribution in [3.8, 4) is 5.75 Å². The number of amides is 2. The number of hydrogen-bond acceptors (Lipinski definition) is 4. The average molecular weight is 453 g/mol. The predicted molar refractivity (Wildman–Crippen MR) is 129 cm³/mol. The van der Waals surface area contributed by atoms with Crippen molar-refractivity contribution in [2.75, 3.05) is 10.6 Å². The highest BCUT2D eigenvalue weighted by Crippen LogP contribution is 2.28. The summed E-state index contributed by atoms with van der Waals surface area (Å²) in [6.45, 7) is 4.14. The van der Waals surface area contributed by atoms with E-state index in [2.05, 4.69) is 24.5 Å². The second-order valence-corrected chi connectivity index (χ2v) is 7.41. The molecule has 0 unspecified atom stereocenters. The minimum Gasteiger partial charge on any atom is -0.508 e. The number of hydrogen-bond donors (Lipinski definition) is 5. The lowest BCUT2D eigenvalue weighted by Gasteiger charge is -2.14. The van der Waals surface area contributed by atoms with Gasteiger partial charge in [0.1, 0.15) is 11.6 Å². The van der Waals surface area contributed by atoms with Gasteiger partial charge in [0.15, 0.2) is 0 Å². The van der Waals surface area contributed by atoms with Gasteiger partial charge in [0, 0.05) is 22.8 Å². The lowest BCUT2D eigenvalue weighted by atomic mass is 10.0. The fourth-order valence-electron chi connectivity index (χ4n) is 2.98. The molecule has 0 atom stereocenters. The van der Waals surface area contributed by atoms with Gasteiger partial charge in [0.25, 0.3) is 11.8 Å². The van der Waals surface area contributed by atoms with Gasteiger partial charge in [-0.05, 0) is 47.9 Å². The number of aromatic hydroxyl groups is 1. The normalized spacial score (nSPS) is 10.2. The lowest BCUT2D eigenvalue weighted by molar-refractivity contribution is 0.101. The molecule has 0 spiro atoms. The van der Waals surface area contributed by atoms with Gasteiger partial charge in [-0.2, -0.15) is 0 Å². The molecule has 0 aliphatic rings. The molecule has 0 aromatic heterocycles. The van der Waals surface area contributed by atoms with Crippen LogP contribution in [0.2, 0.25) is 0 Å². The molecule has 166 valence electrons. The second kappa shape index (κ2) is 10.5. The van der Waals surface area contributed by atoms with Gasteiger partial charge in [-0.15, -0.1) is 12.4 Å². The van der Waals surface area contributed by atoms with Gasteiger partial charge in [0.05, 0.1) is 11.4 Å². The van der Waals surface area contributed by atoms with E-state index in [9.17, 15) is 14.7 Å². The maximum Gasteiger partial charge on any atom is 0.255 e. The number of halogens is 1. The fraction of sp³-hybridized carbons (Fsp3) is 0.125. The van der Waals surface area contributed by atoms with Crippen LogP contribution in [0.4, 0.5) is 11.4 Å². The summed E-state index contributed by atoms with van der Waals surface area (Å²) >= 11 is 0. The molecule has 6 N–H and O–H groups in total. The molecule has 3 rings (SSSR count). The zero-order valence-corrected chi connectivity index (χ0v) is 18.5. The summed E-state index contributed by atoms with van der Waals surface area (Å²) in [4.78, 5) is 25.4. The minimum atomic E-state index is -0.439. The fourth-order valence-corrected chi connectivity index (χ4v) is 2.98. The first-order valence-electron chi connectivity index (χ1n) is 9.74. The van der Waals surface area contributed by atoms with E-state index in [4.69, 9.17) is 11.1 Å². The third-order valence-corrected chi connectivity index (χ3v) is 4.77. The van der Waals surface area contributed by atoms with Crippen molar-refractivity contribution in [1.82, 2.24) is 0 Å². The second-order valence-electron chi connectivity index (χ2n) is 7.41. The molecule has 7 nitrogen and oxygen atoms in total. The molecule has 3 aromatic rings. The maximum absolute atomic E-state index is 12.7. The highest BCUT2D eigenvalue weighted by atomic mass is 35.5. The molecule has 0 aliphatic heterocycles. The molecule has 0 radical (unpaired) electrons. The number of carbonyl (C=O) groups is 2. The van der Waals surface area contributed by atoms with E-state index < -0.39 is 5.91 Å². The third-order valence-electron chi connectivity index (χ3n) is 4.77. The smallest absolute Gasteiger partial charge is 0.255 e. The van der Waals surface area contributed by atoms with Crippen molar-refractivity contribution in [2.24, 2.45) is 5.73 Å². The van der Waals surface area contributed by atoms with Crippen LogP contribution in [0.15, 0.2) is 66.7 Å². The Kier molecular flexibility index (Phi) is 7.98. The number of benzene rings is 3. The van der Waals surface area contributed by atoms with E-state index in [1.807, 2.05) is 12.1 Å². The summed E-state index contributed by atoms with van der Waals surface area (Å²) in [5.41, 5.74) is 8.38. The Morgan fingerprint density at radius 3 is 2.06 bits per heavy atom. The van der Waals surface area contributed by atoms with E-state index in [-0.39, 0.29) is 35.6 Å². The van der Waals surface area contributed by atoms with Crippen molar-refractivity contribution in [2.45, 2.75) is 19.8 Å². The van der Waals surface area contributed by atoms with Crippen LogP contribution in [0.5, 0.6) is 5.75 Å². The van der Waals surface area contributed by atoms with Crippen molar-refractivity contribution in [3.63, 3.8) is 0 Å². The quantitative estimate of drug-likeness (QED) is 0.210. The van der Waals surface area contributed by atoms with Crippen molar-refractivity contribution >= 4 is 41.4 Å². The van der Waals surface area contributed by atoms with Crippen LogP contribution >= 0.6 is 12.4 Å². The molecular formula is C24H25ClN4O3. The highest BCUT2D eigenvalue weighted by Gasteiger charge is 2.14. The van der Waals surface area contributed by atoms with Crippen molar-refractivity contribution in [1.29, 1.82) is 5.41 Å². The topological polar surface area (TPSA) is 128 Å². The standard InChI is InChI=1S/C24H24N4O3.ClH/c1-14(2)15-6-8-16(9-7-15)23(30)28-21-13-19(29)10-11-20(21)27-24(31)18-5-3-4-17(12-18)22(25)26;/h3-14,29H,1-2H3,(H3,25,26)(H,27,31)(H,28,30);1H. The number of anilines is 2. The Morgan fingerprint density at radius 2 is 1.44 bits per heavy atom. The van der Waals surface area contributed by atoms with E-state index >= 15 is 0 Å². The van der Waals surface area contributed by atoms with Crippen LogP contribution in [-0.2, 0) is 0 Å². The molecule has 0 saturated carbocycles. The summed E-state index contributed by atoms with van der Waals surface area (Å²) < 4.78 is 0. The van der Waals surface area contributed by atoms with Crippen LogP contribution in [0.25, 0.3) is 0 Å². The van der Waals surface area contributed by atoms with Crippen molar-refractivity contribution in [3.05, 3.63) is 89.0 Å². The number of nitrogens with two attached hydrogens (primary N) is 1. The summed E-state index contributed by atoms with van der Waals surface area (Å²) in [5.74, 6) is -0.648. The molecule has 0 heterocycles. The van der Waals surface area contributed by atoms with Gasteiger partial charge >= 0.3 is 0 Å². The molecular weight excluding hydrogens is 428 g/mol. The van der Waals surface area contributed by atoms with Gasteiger partial charge < -0.3 is 21.5 Å². The van der Waals surface area contributed by atoms with Crippen molar-refractivity contribution < 1.29 is 14.7 Å². The minimum absolute atomic E-state index is 0. The molecule has 3 aromatic carbocycles. The number of carbonyl (C=O) groups excluding carboxylic acids is 2. The summed E-state index contributed by atoms with van der Waals surface area (Å²) in [6, 6.07) is 17.9. The number of phenolic OH excluding ortho intramolecular Hbond substituents is 1. The van der Waals surface area contributed by atoms with Crippen LogP contribution < -0.4 is 16.4 Å². The first-order chi connectivity index (χ1) is 14.7. The van der Waals surface area contributed by atoms with Gasteiger partial charge in [-0.25, -0.2) is 0 Å². The van der Waals surface area contributed by atoms with Crippen LogP contribution in [0.1, 0.15) is 51.6 Å². The van der Waals surface area contributed by atoms with E-state index in [1.165, 1.54) is 24.3 Å². The number of nitrogen functional groups attached to an aromatic ring is 1. The number of amidine groups is 1. The molecule has 2 amide bonds. The van der Waals surface area contributed by atoms with Crippen LogP contribution in [0.3, 0.4) is 0 Å². The Bertz CT molecular complexity index is 1140. The molecule has 32 heavy (non-hydrogen) atoms. The molecule has 0 bridgehead atoms. The molecule has 0 saturated heterocycles. The summed E-state index contributed by atoms with van der Waals surface area (Å²) in [5, 5.41) is 22.8. The Hall–Kier alpha value is -3.84. The van der Waals surface area contributed by atoms with E-state index in [0.29, 0.717) is 28.3 Å². The Morgan fingerprint density at radius 1 is 0.844 bits per heavy atom. The molecule has 8 heteroatoms. The van der Waals surface area contributed by atoms with Crippen LogP contribution in [0, 0.1) is 5.41 Å². The van der Waals surface area contributed by atoms with Gasteiger partial charge in [-0.3, -0.25) is 15.0 Å². The monoisotopic (exact) mass is 452 g/mol. The summed E-state index contributed by atoms with van der Waals surface area (Å²) in [6.07, 6.45) is 0. The Labute approximate surface area is 192 Å². The predicted octanol–water partition coefficient (Wildman–Crippen LogP) is 4.73. The molecule has 0 aliphatic carbocycles. The third kappa shape index (κ3) is 5.86. The molecule has 0 fully saturated rings. The highest BCUT2D eigenvalue weighted by molar-refractivity contribution is 6.10. The number of rotatable bonds is 6. The summed E-state index contributed by atoms with van der Waals surface area (Å²) in [7, 11) is 0. The van der Waals surface area contributed by atoms with E-state index in [0.717, 1.165) is 5.56 Å².